The molecule has 0 aromatic heterocycles. The van der Waals surface area contributed by atoms with E-state index in [1.54, 1.807) is 17.0 Å². The third-order valence-corrected chi connectivity index (χ3v) is 7.25. The Labute approximate surface area is 218 Å². The molecule has 1 aliphatic heterocycles. The van der Waals surface area contributed by atoms with Crippen molar-refractivity contribution in [3.05, 3.63) is 101 Å². The molecule has 6 heteroatoms. The lowest BCUT2D eigenvalue weighted by Gasteiger charge is -2.41. The molecule has 1 heterocycles. The zero-order valence-corrected chi connectivity index (χ0v) is 21.4. The van der Waals surface area contributed by atoms with Crippen LogP contribution in [0.3, 0.4) is 0 Å². The fraction of sp³-hybridized carbons (Fsp3) is 0.355. The molecule has 194 valence electrons. The molecule has 3 aromatic carbocycles. The van der Waals surface area contributed by atoms with Gasteiger partial charge in [0, 0.05) is 19.6 Å². The van der Waals surface area contributed by atoms with Gasteiger partial charge in [-0.15, -0.1) is 0 Å². The van der Waals surface area contributed by atoms with Crippen LogP contribution >= 0.6 is 0 Å². The largest absolute Gasteiger partial charge is 0.484 e. The number of nitrogens with zero attached hydrogens (tertiary/aromatic N) is 1. The number of rotatable bonds is 10. The Morgan fingerprint density at radius 2 is 1.51 bits per heavy atom. The summed E-state index contributed by atoms with van der Waals surface area (Å²) in [6.45, 7) is 3.60. The first-order chi connectivity index (χ1) is 18.0. The molecule has 1 saturated heterocycles. The topological polar surface area (TPSA) is 58.6 Å². The molecular weight excluding hydrogens is 467 g/mol. The van der Waals surface area contributed by atoms with Crippen molar-refractivity contribution >= 4 is 11.8 Å². The summed E-state index contributed by atoms with van der Waals surface area (Å²) in [5.74, 6) is 0.266. The van der Waals surface area contributed by atoms with Crippen LogP contribution in [0, 0.1) is 11.2 Å². The molecule has 0 spiro atoms. The fourth-order valence-corrected chi connectivity index (χ4v) is 4.86. The van der Waals surface area contributed by atoms with Crippen molar-refractivity contribution in [3.8, 4) is 5.75 Å². The van der Waals surface area contributed by atoms with Gasteiger partial charge in [0.25, 0.3) is 5.91 Å². The maximum Gasteiger partial charge on any atom is 0.260 e. The summed E-state index contributed by atoms with van der Waals surface area (Å²) < 4.78 is 19.1. The predicted octanol–water partition coefficient (Wildman–Crippen LogP) is 4.98. The number of halogens is 1. The summed E-state index contributed by atoms with van der Waals surface area (Å²) in [5.41, 5.74) is 2.74. The van der Waals surface area contributed by atoms with Gasteiger partial charge in [0.2, 0.25) is 5.91 Å². The van der Waals surface area contributed by atoms with E-state index in [4.69, 9.17) is 4.74 Å². The average Bonchev–Trinajstić information content (AvgIpc) is 2.94. The van der Waals surface area contributed by atoms with Gasteiger partial charge in [0.05, 0.1) is 5.41 Å². The number of likely N-dealkylation sites (tertiary alicyclic amines) is 1. The maximum absolute atomic E-state index is 13.6. The van der Waals surface area contributed by atoms with Crippen molar-refractivity contribution in [1.82, 2.24) is 10.2 Å². The average molecular weight is 503 g/mol. The summed E-state index contributed by atoms with van der Waals surface area (Å²) in [6.07, 6.45) is 3.34. The molecule has 0 aliphatic carbocycles. The minimum atomic E-state index is -0.652. The Morgan fingerprint density at radius 1 is 0.892 bits per heavy atom. The molecule has 0 saturated carbocycles. The van der Waals surface area contributed by atoms with E-state index in [2.05, 4.69) is 36.5 Å². The van der Waals surface area contributed by atoms with Crippen LogP contribution in [0.2, 0.25) is 0 Å². The van der Waals surface area contributed by atoms with Gasteiger partial charge in [-0.2, -0.15) is 0 Å². The van der Waals surface area contributed by atoms with Crippen molar-refractivity contribution in [1.29, 1.82) is 0 Å². The minimum Gasteiger partial charge on any atom is -0.484 e. The number of piperidine rings is 1. The third-order valence-electron chi connectivity index (χ3n) is 7.25. The Morgan fingerprint density at radius 3 is 2.16 bits per heavy atom. The molecule has 1 N–H and O–H groups in total. The zero-order chi connectivity index (χ0) is 26.1. The maximum atomic E-state index is 13.6. The van der Waals surface area contributed by atoms with E-state index in [1.807, 2.05) is 30.3 Å². The second-order valence-electron chi connectivity index (χ2n) is 9.74. The smallest absolute Gasteiger partial charge is 0.260 e. The van der Waals surface area contributed by atoms with Crippen LogP contribution < -0.4 is 10.1 Å². The van der Waals surface area contributed by atoms with Crippen LogP contribution in [0.1, 0.15) is 36.5 Å². The van der Waals surface area contributed by atoms with Crippen LogP contribution in [0.15, 0.2) is 78.9 Å². The number of para-hydroxylation sites is 1. The Hall–Kier alpha value is -3.67. The highest BCUT2D eigenvalue weighted by Crippen LogP contribution is 2.36. The molecule has 3 aromatic rings. The number of ether oxygens (including phenoxy) is 1. The van der Waals surface area contributed by atoms with E-state index < -0.39 is 5.41 Å². The number of amides is 2. The lowest BCUT2D eigenvalue weighted by Crippen LogP contribution is -2.52. The van der Waals surface area contributed by atoms with Gasteiger partial charge in [0.1, 0.15) is 11.6 Å². The van der Waals surface area contributed by atoms with Gasteiger partial charge in [-0.1, -0.05) is 61.5 Å². The molecule has 0 radical (unpaired) electrons. The Kier molecular flexibility index (Phi) is 8.94. The van der Waals surface area contributed by atoms with Crippen LogP contribution in [0.5, 0.6) is 5.75 Å². The summed E-state index contributed by atoms with van der Waals surface area (Å²) in [5, 5.41) is 3.15. The Bertz CT molecular complexity index is 1160. The number of nitrogens with one attached hydrogen (secondary N) is 1. The highest BCUT2D eigenvalue weighted by molar-refractivity contribution is 5.84. The van der Waals surface area contributed by atoms with E-state index in [-0.39, 0.29) is 24.2 Å². The number of carbonyl (C=O) groups excluding carboxylic acids is 2. The standard InChI is InChI=1S/C31H35FN2O3/c1-2-24-8-10-25(11-9-24)16-19-33-30(36)31(22-26-12-14-27(32)15-13-26)17-20-34(21-18-31)29(35)23-37-28-6-4-3-5-7-28/h3-15H,2,16-23H2,1H3,(H,33,36). The third kappa shape index (κ3) is 7.19. The monoisotopic (exact) mass is 502 g/mol. The highest BCUT2D eigenvalue weighted by Gasteiger charge is 2.42. The number of hydrogen-bond acceptors (Lipinski definition) is 3. The molecule has 0 atom stereocenters. The summed E-state index contributed by atoms with van der Waals surface area (Å²) >= 11 is 0. The number of benzene rings is 3. The zero-order valence-electron chi connectivity index (χ0n) is 21.4. The summed E-state index contributed by atoms with van der Waals surface area (Å²) in [4.78, 5) is 28.1. The molecular formula is C31H35FN2O3. The van der Waals surface area contributed by atoms with E-state index in [0.29, 0.717) is 44.6 Å². The second kappa shape index (κ2) is 12.5. The molecule has 1 aliphatic rings. The SMILES string of the molecule is CCc1ccc(CCNC(=O)C2(Cc3ccc(F)cc3)CCN(C(=O)COc3ccccc3)CC2)cc1. The quantitative estimate of drug-likeness (QED) is 0.426. The van der Waals surface area contributed by atoms with E-state index >= 15 is 0 Å². The molecule has 0 bridgehead atoms. The molecule has 5 nitrogen and oxygen atoms in total. The van der Waals surface area contributed by atoms with Gasteiger partial charge >= 0.3 is 0 Å². The van der Waals surface area contributed by atoms with Gasteiger partial charge < -0.3 is 15.0 Å². The fourth-order valence-electron chi connectivity index (χ4n) is 4.86. The Balaban J connectivity index is 1.37. The minimum absolute atomic E-state index is 0.00496. The summed E-state index contributed by atoms with van der Waals surface area (Å²) in [6, 6.07) is 24.1. The molecule has 1 fully saturated rings. The van der Waals surface area contributed by atoms with Crippen molar-refractivity contribution in [2.75, 3.05) is 26.2 Å². The van der Waals surface area contributed by atoms with Crippen LogP contribution in [-0.4, -0.2) is 43.0 Å². The van der Waals surface area contributed by atoms with Crippen molar-refractivity contribution in [3.63, 3.8) is 0 Å². The van der Waals surface area contributed by atoms with Crippen LogP contribution in [-0.2, 0) is 28.9 Å². The van der Waals surface area contributed by atoms with E-state index in [0.717, 1.165) is 18.4 Å². The number of hydrogen-bond donors (Lipinski definition) is 1. The van der Waals surface area contributed by atoms with Crippen molar-refractivity contribution in [2.24, 2.45) is 5.41 Å². The van der Waals surface area contributed by atoms with E-state index in [1.165, 1.54) is 23.3 Å². The lowest BCUT2D eigenvalue weighted by atomic mass is 9.73. The highest BCUT2D eigenvalue weighted by atomic mass is 19.1. The van der Waals surface area contributed by atoms with Gasteiger partial charge in [-0.3, -0.25) is 9.59 Å². The molecule has 0 unspecified atom stereocenters. The van der Waals surface area contributed by atoms with Crippen molar-refractivity contribution in [2.45, 2.75) is 39.0 Å². The summed E-state index contributed by atoms with van der Waals surface area (Å²) in [7, 11) is 0. The second-order valence-corrected chi connectivity index (χ2v) is 9.74. The van der Waals surface area contributed by atoms with Crippen molar-refractivity contribution < 1.29 is 18.7 Å². The number of aryl methyl sites for hydroxylation is 1. The predicted molar refractivity (Wildman–Crippen MR) is 143 cm³/mol. The first kappa shape index (κ1) is 26.4. The van der Waals surface area contributed by atoms with Gasteiger partial charge in [-0.05, 0) is 73.1 Å². The van der Waals surface area contributed by atoms with Crippen LogP contribution in [0.25, 0.3) is 0 Å². The van der Waals surface area contributed by atoms with Crippen LogP contribution in [0.4, 0.5) is 4.39 Å². The first-order valence-corrected chi connectivity index (χ1v) is 13.0. The number of carbonyl (C=O) groups is 2. The normalized spacial score (nSPS) is 14.7. The molecule has 2 amide bonds. The lowest BCUT2D eigenvalue weighted by molar-refractivity contribution is -0.141. The van der Waals surface area contributed by atoms with E-state index in [9.17, 15) is 14.0 Å². The molecule has 4 rings (SSSR count). The van der Waals surface area contributed by atoms with Gasteiger partial charge in [-0.25, -0.2) is 4.39 Å². The van der Waals surface area contributed by atoms with Gasteiger partial charge in [0.15, 0.2) is 6.61 Å². The first-order valence-electron chi connectivity index (χ1n) is 13.0. The molecule has 37 heavy (non-hydrogen) atoms.